The Bertz CT molecular complexity index is 802. The molecule has 0 saturated carbocycles. The first-order valence-electron chi connectivity index (χ1n) is 10.4. The van der Waals surface area contributed by atoms with Crippen molar-refractivity contribution >= 4 is 11.7 Å². The average Bonchev–Trinajstić information content (AvgIpc) is 3.44. The molecule has 4 heterocycles. The predicted molar refractivity (Wildman–Crippen MR) is 102 cm³/mol. The van der Waals surface area contributed by atoms with E-state index in [1.165, 1.54) is 11.3 Å². The van der Waals surface area contributed by atoms with Crippen molar-refractivity contribution in [3.8, 4) is 0 Å². The first-order chi connectivity index (χ1) is 13.6. The van der Waals surface area contributed by atoms with Crippen LogP contribution in [0.4, 0.5) is 0 Å². The van der Waals surface area contributed by atoms with Crippen LogP contribution in [0, 0.1) is 12.8 Å². The van der Waals surface area contributed by atoms with Crippen LogP contribution in [0.25, 0.3) is 5.70 Å². The van der Waals surface area contributed by atoms with E-state index in [4.69, 9.17) is 13.9 Å². The summed E-state index contributed by atoms with van der Waals surface area (Å²) in [7, 11) is 0. The molecular formula is C21H28N2O5. The van der Waals surface area contributed by atoms with E-state index in [0.717, 1.165) is 88.4 Å². The molecule has 2 fully saturated rings. The number of rotatable bonds is 5. The van der Waals surface area contributed by atoms with Crippen LogP contribution in [-0.4, -0.2) is 66.7 Å². The Morgan fingerprint density at radius 3 is 2.82 bits per heavy atom. The molecule has 152 valence electrons. The molecule has 4 aliphatic rings. The summed E-state index contributed by atoms with van der Waals surface area (Å²) in [5.74, 6) is 0.459. The molecule has 1 aliphatic carbocycles. The highest BCUT2D eigenvalue weighted by Crippen LogP contribution is 2.44. The molecule has 2 saturated heterocycles. The maximum absolute atomic E-state index is 11.6. The number of furan rings is 1. The number of hydrazine groups is 1. The molecule has 2 atom stereocenters. The first kappa shape index (κ1) is 18.2. The molecule has 7 nitrogen and oxygen atoms in total. The van der Waals surface area contributed by atoms with E-state index in [1.54, 1.807) is 0 Å². The van der Waals surface area contributed by atoms with E-state index >= 15 is 0 Å². The quantitative estimate of drug-likeness (QED) is 0.831. The number of hydrogen-bond acceptors (Lipinski definition) is 6. The lowest BCUT2D eigenvalue weighted by molar-refractivity contribution is -0.00461. The SMILES string of the molecule is Cc1c(C(=O)O)oc2c1C1=C(CC2)CN(C[C@H]2CCOC2)N1C[C@@H]1CCCO1. The van der Waals surface area contributed by atoms with Crippen LogP contribution in [0.5, 0.6) is 0 Å². The number of ether oxygens (including phenoxy) is 2. The van der Waals surface area contributed by atoms with Crippen molar-refractivity contribution in [2.75, 3.05) is 39.5 Å². The Kier molecular flexibility index (Phi) is 4.69. The third-order valence-electron chi connectivity index (χ3n) is 6.51. The lowest BCUT2D eigenvalue weighted by Crippen LogP contribution is -2.44. The largest absolute Gasteiger partial charge is 0.475 e. The Morgan fingerprint density at radius 2 is 2.11 bits per heavy atom. The highest BCUT2D eigenvalue weighted by atomic mass is 16.5. The third-order valence-corrected chi connectivity index (χ3v) is 6.51. The number of nitrogens with zero attached hydrogens (tertiary/aromatic N) is 2. The maximum atomic E-state index is 11.6. The summed E-state index contributed by atoms with van der Waals surface area (Å²) >= 11 is 0. The van der Waals surface area contributed by atoms with Crippen molar-refractivity contribution in [2.45, 2.75) is 45.1 Å². The van der Waals surface area contributed by atoms with Gasteiger partial charge in [-0.25, -0.2) is 9.80 Å². The monoisotopic (exact) mass is 388 g/mol. The van der Waals surface area contributed by atoms with E-state index in [-0.39, 0.29) is 11.9 Å². The summed E-state index contributed by atoms with van der Waals surface area (Å²) in [6, 6.07) is 0. The van der Waals surface area contributed by atoms with Gasteiger partial charge in [-0.05, 0) is 44.1 Å². The lowest BCUT2D eigenvalue weighted by atomic mass is 9.92. The second kappa shape index (κ2) is 7.21. The second-order valence-corrected chi connectivity index (χ2v) is 8.41. The molecular weight excluding hydrogens is 360 g/mol. The average molecular weight is 388 g/mol. The normalized spacial score (nSPS) is 27.5. The van der Waals surface area contributed by atoms with Crippen LogP contribution in [0.2, 0.25) is 0 Å². The van der Waals surface area contributed by atoms with Crippen molar-refractivity contribution in [3.05, 3.63) is 28.2 Å². The number of aromatic carboxylic acids is 1. The van der Waals surface area contributed by atoms with E-state index in [2.05, 4.69) is 10.0 Å². The molecule has 0 unspecified atom stereocenters. The molecule has 1 N–H and O–H groups in total. The summed E-state index contributed by atoms with van der Waals surface area (Å²) in [5, 5.41) is 14.3. The Balaban J connectivity index is 1.49. The Morgan fingerprint density at radius 1 is 1.21 bits per heavy atom. The molecule has 3 aliphatic heterocycles. The van der Waals surface area contributed by atoms with E-state index in [0.29, 0.717) is 5.92 Å². The minimum absolute atomic E-state index is 0.0819. The predicted octanol–water partition coefficient (Wildman–Crippen LogP) is 2.69. The summed E-state index contributed by atoms with van der Waals surface area (Å²) in [6.45, 7) is 7.08. The third kappa shape index (κ3) is 3.06. The van der Waals surface area contributed by atoms with Gasteiger partial charge in [0.2, 0.25) is 5.76 Å². The van der Waals surface area contributed by atoms with E-state index in [9.17, 15) is 9.90 Å². The molecule has 1 aromatic rings. The van der Waals surface area contributed by atoms with Gasteiger partial charge in [0.15, 0.2) is 0 Å². The summed E-state index contributed by atoms with van der Waals surface area (Å²) in [5.41, 5.74) is 4.31. The molecule has 7 heteroatoms. The molecule has 0 amide bonds. The molecule has 0 spiro atoms. The zero-order chi connectivity index (χ0) is 19.3. The number of aryl methyl sites for hydroxylation is 1. The summed E-state index contributed by atoms with van der Waals surface area (Å²) in [4.78, 5) is 11.6. The van der Waals surface area contributed by atoms with Crippen molar-refractivity contribution < 1.29 is 23.8 Å². The smallest absolute Gasteiger partial charge is 0.372 e. The minimum Gasteiger partial charge on any atom is -0.475 e. The molecule has 0 aromatic carbocycles. The first-order valence-corrected chi connectivity index (χ1v) is 10.4. The van der Waals surface area contributed by atoms with Crippen LogP contribution < -0.4 is 0 Å². The number of carboxylic acids is 1. The van der Waals surface area contributed by atoms with E-state index < -0.39 is 5.97 Å². The number of carbonyl (C=O) groups is 1. The fraction of sp³-hybridized carbons (Fsp3) is 0.667. The number of carboxylic acid groups (broad SMARTS) is 1. The van der Waals surface area contributed by atoms with Crippen LogP contribution >= 0.6 is 0 Å². The van der Waals surface area contributed by atoms with Crippen molar-refractivity contribution in [1.29, 1.82) is 0 Å². The van der Waals surface area contributed by atoms with Gasteiger partial charge in [0.25, 0.3) is 0 Å². The molecule has 28 heavy (non-hydrogen) atoms. The molecule has 5 rings (SSSR count). The van der Waals surface area contributed by atoms with Gasteiger partial charge in [0.1, 0.15) is 5.76 Å². The van der Waals surface area contributed by atoms with Gasteiger partial charge in [0, 0.05) is 43.9 Å². The van der Waals surface area contributed by atoms with Crippen LogP contribution in [0.1, 0.15) is 53.1 Å². The Hall–Kier alpha value is -1.83. The highest BCUT2D eigenvalue weighted by molar-refractivity contribution is 5.89. The zero-order valence-corrected chi connectivity index (χ0v) is 16.4. The van der Waals surface area contributed by atoms with Crippen LogP contribution in [0.15, 0.2) is 9.99 Å². The number of fused-ring (bicyclic) bond motifs is 2. The van der Waals surface area contributed by atoms with Crippen molar-refractivity contribution in [3.63, 3.8) is 0 Å². The van der Waals surface area contributed by atoms with Gasteiger partial charge in [-0.1, -0.05) is 0 Å². The lowest BCUT2D eigenvalue weighted by Gasteiger charge is -2.35. The molecule has 1 aromatic heterocycles. The highest BCUT2D eigenvalue weighted by Gasteiger charge is 2.40. The van der Waals surface area contributed by atoms with E-state index in [1.807, 2.05) is 6.92 Å². The van der Waals surface area contributed by atoms with Crippen molar-refractivity contribution in [1.82, 2.24) is 10.0 Å². The van der Waals surface area contributed by atoms with Gasteiger partial charge < -0.3 is 24.0 Å². The van der Waals surface area contributed by atoms with Gasteiger partial charge in [-0.3, -0.25) is 0 Å². The van der Waals surface area contributed by atoms with Gasteiger partial charge in [-0.2, -0.15) is 0 Å². The summed E-state index contributed by atoms with van der Waals surface area (Å²) < 4.78 is 17.3. The van der Waals surface area contributed by atoms with Crippen LogP contribution in [-0.2, 0) is 15.9 Å². The molecule has 0 radical (unpaired) electrons. The van der Waals surface area contributed by atoms with Gasteiger partial charge >= 0.3 is 5.97 Å². The van der Waals surface area contributed by atoms with Gasteiger partial charge in [-0.15, -0.1) is 0 Å². The van der Waals surface area contributed by atoms with Crippen molar-refractivity contribution in [2.24, 2.45) is 5.92 Å². The summed E-state index contributed by atoms with van der Waals surface area (Å²) in [6.07, 6.45) is 5.22. The van der Waals surface area contributed by atoms with Gasteiger partial charge in [0.05, 0.1) is 25.0 Å². The molecule has 0 bridgehead atoms. The maximum Gasteiger partial charge on any atom is 0.372 e. The standard InChI is InChI=1S/C21H28N2O5/c1-13-18-17(28-20(13)21(24)25)5-4-15-10-22(9-14-6-8-26-12-14)23(19(15)18)11-16-3-2-7-27-16/h14,16H,2-12H2,1H3,(H,24,25)/t14-,16+/m1/s1. The second-order valence-electron chi connectivity index (χ2n) is 8.41. The fourth-order valence-electron chi connectivity index (χ4n) is 5.11. The zero-order valence-electron chi connectivity index (χ0n) is 16.4. The van der Waals surface area contributed by atoms with Crippen LogP contribution in [0.3, 0.4) is 0 Å². The minimum atomic E-state index is -0.988. The number of hydrogen-bond donors (Lipinski definition) is 1. The topological polar surface area (TPSA) is 75.4 Å². The Labute approximate surface area is 164 Å². The fourth-order valence-corrected chi connectivity index (χ4v) is 5.11.